The molecule has 1 fully saturated rings. The van der Waals surface area contributed by atoms with Gasteiger partial charge in [0, 0.05) is 66.0 Å². The van der Waals surface area contributed by atoms with Gasteiger partial charge in [0.1, 0.15) is 23.3 Å². The summed E-state index contributed by atoms with van der Waals surface area (Å²) in [5.41, 5.74) is 2.75. The van der Waals surface area contributed by atoms with Crippen molar-refractivity contribution in [1.29, 1.82) is 5.26 Å². The second kappa shape index (κ2) is 14.1. The van der Waals surface area contributed by atoms with Crippen molar-refractivity contribution < 1.29 is 14.3 Å². The number of thiophene rings is 1. The van der Waals surface area contributed by atoms with E-state index in [4.69, 9.17) is 11.6 Å². The van der Waals surface area contributed by atoms with Gasteiger partial charge in [0.25, 0.3) is 5.56 Å². The maximum absolute atomic E-state index is 14.0. The van der Waals surface area contributed by atoms with E-state index in [1.54, 1.807) is 49.0 Å². The van der Waals surface area contributed by atoms with Gasteiger partial charge in [-0.3, -0.25) is 18.7 Å². The first-order valence-corrected chi connectivity index (χ1v) is 16.7. The molecule has 10 nitrogen and oxygen atoms in total. The highest BCUT2D eigenvalue weighted by molar-refractivity contribution is 7.18. The van der Waals surface area contributed by atoms with Crippen LogP contribution in [0.3, 0.4) is 0 Å². The number of aromatic carboxylic acids is 1. The van der Waals surface area contributed by atoms with Gasteiger partial charge in [0.15, 0.2) is 0 Å². The van der Waals surface area contributed by atoms with E-state index in [2.05, 4.69) is 37.8 Å². The van der Waals surface area contributed by atoms with Gasteiger partial charge >= 0.3 is 5.97 Å². The lowest BCUT2D eigenvalue weighted by atomic mass is 10.00. The standard InChI is InChI=1S/C35H31ClFN7O3S/c1-21-41-29-19-40-33(42(2)24-9-15-43(16-10-24)13-4-11-37)27(18-38)30(29)34(45)44(21)14-3-5-22-6-7-23(36)17-26(22)25-8-12-39-31-28(35(46)47)20-48-32(25)31/h6-8,12,17,19-20,24H,4,9-11,13-16H2,1-2H3,(H,46,47). The van der Waals surface area contributed by atoms with E-state index in [-0.39, 0.29) is 41.3 Å². The molecule has 1 aromatic carbocycles. The minimum Gasteiger partial charge on any atom is -0.478 e. The average molecular weight is 684 g/mol. The Bertz CT molecular complexity index is 2210. The van der Waals surface area contributed by atoms with E-state index >= 15 is 0 Å². The van der Waals surface area contributed by atoms with Crippen LogP contribution in [0.25, 0.3) is 32.2 Å². The van der Waals surface area contributed by atoms with Crippen molar-refractivity contribution in [2.45, 2.75) is 38.8 Å². The normalized spacial score (nSPS) is 13.7. The van der Waals surface area contributed by atoms with E-state index < -0.39 is 5.97 Å². The van der Waals surface area contributed by atoms with Crippen molar-refractivity contribution in [3.05, 3.63) is 79.9 Å². The highest BCUT2D eigenvalue weighted by atomic mass is 35.5. The quantitative estimate of drug-likeness (QED) is 0.199. The lowest BCUT2D eigenvalue weighted by Gasteiger charge is -2.37. The molecule has 0 atom stereocenters. The third-order valence-electron chi connectivity index (χ3n) is 8.75. The molecule has 13 heteroatoms. The van der Waals surface area contributed by atoms with Crippen molar-refractivity contribution in [3.63, 3.8) is 0 Å². The van der Waals surface area contributed by atoms with Crippen LogP contribution in [0, 0.1) is 30.1 Å². The largest absolute Gasteiger partial charge is 0.478 e. The molecule has 244 valence electrons. The summed E-state index contributed by atoms with van der Waals surface area (Å²) in [5.74, 6) is 6.07. The summed E-state index contributed by atoms with van der Waals surface area (Å²) in [6.45, 7) is 3.78. The van der Waals surface area contributed by atoms with Gasteiger partial charge in [-0.25, -0.2) is 14.8 Å². The van der Waals surface area contributed by atoms with Gasteiger partial charge in [0.05, 0.1) is 46.1 Å². The molecular weight excluding hydrogens is 653 g/mol. The second-order valence-electron chi connectivity index (χ2n) is 11.6. The zero-order valence-electron chi connectivity index (χ0n) is 26.3. The Balaban J connectivity index is 1.33. The Kier molecular flexibility index (Phi) is 9.69. The van der Waals surface area contributed by atoms with Crippen LogP contribution in [-0.4, -0.2) is 74.9 Å². The molecule has 4 aromatic heterocycles. The van der Waals surface area contributed by atoms with E-state index in [0.29, 0.717) is 49.9 Å². The Labute approximate surface area is 285 Å². The van der Waals surface area contributed by atoms with E-state index in [9.17, 15) is 24.3 Å². The Hall–Kier alpha value is -4.88. The molecule has 0 unspecified atom stereocenters. The molecule has 0 bridgehead atoms. The summed E-state index contributed by atoms with van der Waals surface area (Å²) in [5, 5.41) is 22.1. The summed E-state index contributed by atoms with van der Waals surface area (Å²) < 4.78 is 14.8. The molecule has 48 heavy (non-hydrogen) atoms. The van der Waals surface area contributed by atoms with Gasteiger partial charge in [-0.1, -0.05) is 23.4 Å². The molecule has 5 heterocycles. The number of carboxylic acid groups (broad SMARTS) is 1. The SMILES string of the molecule is Cc1nc2cnc(N(C)C3CCN(CCCF)CC3)c(C#N)c2c(=O)n1CC#Cc1ccc(Cl)cc1-c1ccnc2c(C(=O)O)csc12. The summed E-state index contributed by atoms with van der Waals surface area (Å²) in [4.78, 5) is 43.3. The summed E-state index contributed by atoms with van der Waals surface area (Å²) in [6.07, 6.45) is 5.30. The first kappa shape index (κ1) is 33.0. The number of pyridine rings is 2. The van der Waals surface area contributed by atoms with Crippen LogP contribution in [0.2, 0.25) is 5.02 Å². The average Bonchev–Trinajstić information content (AvgIpc) is 3.54. The number of carboxylic acids is 1. The van der Waals surface area contributed by atoms with Crippen LogP contribution in [0.1, 0.15) is 46.6 Å². The zero-order valence-corrected chi connectivity index (χ0v) is 27.9. The highest BCUT2D eigenvalue weighted by Crippen LogP contribution is 2.36. The van der Waals surface area contributed by atoms with Gasteiger partial charge < -0.3 is 14.9 Å². The van der Waals surface area contributed by atoms with Crippen molar-refractivity contribution in [3.8, 4) is 29.0 Å². The number of benzene rings is 1. The molecule has 0 saturated carbocycles. The smallest absolute Gasteiger partial charge is 0.338 e. The number of carbonyl (C=O) groups is 1. The summed E-state index contributed by atoms with van der Waals surface area (Å²) >= 11 is 7.66. The number of piperidine rings is 1. The summed E-state index contributed by atoms with van der Waals surface area (Å²) in [7, 11) is 1.89. The molecule has 0 aliphatic carbocycles. The first-order chi connectivity index (χ1) is 23.2. The molecule has 1 saturated heterocycles. The number of nitriles is 1. The van der Waals surface area contributed by atoms with Crippen LogP contribution in [0.4, 0.5) is 10.2 Å². The van der Waals surface area contributed by atoms with Crippen LogP contribution in [0.5, 0.6) is 0 Å². The van der Waals surface area contributed by atoms with E-state index in [1.807, 2.05) is 11.9 Å². The van der Waals surface area contributed by atoms with Gasteiger partial charge in [-0.05, 0) is 50.5 Å². The van der Waals surface area contributed by atoms with Crippen LogP contribution in [-0.2, 0) is 6.54 Å². The molecular formula is C35H31ClFN7O3S. The number of hydrogen-bond acceptors (Lipinski definition) is 9. The first-order valence-electron chi connectivity index (χ1n) is 15.4. The van der Waals surface area contributed by atoms with Crippen molar-refractivity contribution in [1.82, 2.24) is 24.4 Å². The number of fused-ring (bicyclic) bond motifs is 2. The lowest BCUT2D eigenvalue weighted by Crippen LogP contribution is -2.44. The minimum atomic E-state index is -1.05. The fourth-order valence-electron chi connectivity index (χ4n) is 6.21. The van der Waals surface area contributed by atoms with Crippen molar-refractivity contribution in [2.75, 3.05) is 38.3 Å². The Morgan fingerprint density at radius 1 is 1.23 bits per heavy atom. The molecule has 6 rings (SSSR count). The molecule has 1 N–H and O–H groups in total. The zero-order chi connectivity index (χ0) is 33.9. The third kappa shape index (κ3) is 6.35. The number of aromatic nitrogens is 4. The fourth-order valence-corrected chi connectivity index (χ4v) is 7.41. The van der Waals surface area contributed by atoms with E-state index in [1.165, 1.54) is 15.9 Å². The van der Waals surface area contributed by atoms with Gasteiger partial charge in [-0.2, -0.15) is 5.26 Å². The van der Waals surface area contributed by atoms with Crippen molar-refractivity contribution >= 4 is 55.8 Å². The maximum atomic E-state index is 14.0. The number of aryl methyl sites for hydroxylation is 1. The number of nitrogens with zero attached hydrogens (tertiary/aromatic N) is 7. The van der Waals surface area contributed by atoms with Crippen LogP contribution in [0.15, 0.2) is 46.8 Å². The predicted molar refractivity (Wildman–Crippen MR) is 186 cm³/mol. The molecule has 1 aliphatic rings. The van der Waals surface area contributed by atoms with E-state index in [0.717, 1.165) is 38.0 Å². The number of halogens is 2. The summed E-state index contributed by atoms with van der Waals surface area (Å²) in [6, 6.07) is 9.41. The molecule has 5 aromatic rings. The van der Waals surface area contributed by atoms with Crippen molar-refractivity contribution in [2.24, 2.45) is 0 Å². The van der Waals surface area contributed by atoms with Crippen LogP contribution < -0.4 is 10.5 Å². The Morgan fingerprint density at radius 3 is 2.75 bits per heavy atom. The molecule has 0 radical (unpaired) electrons. The topological polar surface area (TPSA) is 128 Å². The lowest BCUT2D eigenvalue weighted by molar-refractivity contribution is 0.0699. The number of likely N-dealkylation sites (tertiary alicyclic amines) is 1. The number of anilines is 1. The molecule has 1 aliphatic heterocycles. The van der Waals surface area contributed by atoms with Gasteiger partial charge in [-0.15, -0.1) is 11.3 Å². The molecule has 0 spiro atoms. The number of alkyl halides is 1. The number of rotatable bonds is 8. The predicted octanol–water partition coefficient (Wildman–Crippen LogP) is 5.91. The second-order valence-corrected chi connectivity index (χ2v) is 12.9. The van der Waals surface area contributed by atoms with Crippen LogP contribution >= 0.6 is 22.9 Å². The highest BCUT2D eigenvalue weighted by Gasteiger charge is 2.26. The Morgan fingerprint density at radius 2 is 2.02 bits per heavy atom. The maximum Gasteiger partial charge on any atom is 0.338 e. The fraction of sp³-hybridized carbons (Fsp3) is 0.314. The molecule has 0 amide bonds. The van der Waals surface area contributed by atoms with Gasteiger partial charge in [0.2, 0.25) is 0 Å². The third-order valence-corrected chi connectivity index (χ3v) is 9.98. The number of hydrogen-bond donors (Lipinski definition) is 1. The minimum absolute atomic E-state index is 0.0132. The monoisotopic (exact) mass is 683 g/mol.